The van der Waals surface area contributed by atoms with Crippen LogP contribution in [0.4, 0.5) is 4.39 Å². The summed E-state index contributed by atoms with van der Waals surface area (Å²) in [4.78, 5) is 14.5. The van der Waals surface area contributed by atoms with Crippen LogP contribution in [0.1, 0.15) is 35.5 Å². The van der Waals surface area contributed by atoms with Crippen molar-refractivity contribution in [1.82, 2.24) is 4.98 Å². The quantitative estimate of drug-likeness (QED) is 0.739. The van der Waals surface area contributed by atoms with Gasteiger partial charge in [0.05, 0.1) is 12.3 Å². The Kier molecular flexibility index (Phi) is 2.42. The second-order valence-corrected chi connectivity index (χ2v) is 4.25. The molecule has 4 nitrogen and oxygen atoms in total. The van der Waals surface area contributed by atoms with Gasteiger partial charge in [-0.05, 0) is 31.9 Å². The normalized spacial score (nSPS) is 17.9. The lowest BCUT2D eigenvalue weighted by Gasteiger charge is -2.31. The van der Waals surface area contributed by atoms with Gasteiger partial charge in [0.15, 0.2) is 0 Å². The number of hydrogen-bond acceptors (Lipinski definition) is 3. The van der Waals surface area contributed by atoms with Crippen molar-refractivity contribution < 1.29 is 19.0 Å². The molecule has 0 radical (unpaired) electrons. The molecule has 5 heteroatoms. The number of fused-ring (bicyclic) bond motifs is 1. The third kappa shape index (κ3) is 1.67. The summed E-state index contributed by atoms with van der Waals surface area (Å²) in [6.07, 6.45) is 0.562. The summed E-state index contributed by atoms with van der Waals surface area (Å²) in [5.41, 5.74) is 0.193. The van der Waals surface area contributed by atoms with Crippen LogP contribution in [0.25, 0.3) is 0 Å². The van der Waals surface area contributed by atoms with Gasteiger partial charge in [-0.15, -0.1) is 0 Å². The lowest BCUT2D eigenvalue weighted by molar-refractivity contribution is -0.0357. The molecule has 1 aliphatic rings. The highest BCUT2D eigenvalue weighted by molar-refractivity contribution is 5.87. The molecule has 0 aliphatic carbocycles. The first kappa shape index (κ1) is 11.0. The third-order valence-electron chi connectivity index (χ3n) is 2.69. The van der Waals surface area contributed by atoms with Gasteiger partial charge in [0.2, 0.25) is 5.95 Å². The molecule has 1 aromatic rings. The molecule has 0 fully saturated rings. The van der Waals surface area contributed by atoms with Crippen molar-refractivity contribution in [3.8, 4) is 0 Å². The van der Waals surface area contributed by atoms with E-state index < -0.39 is 17.5 Å². The van der Waals surface area contributed by atoms with Gasteiger partial charge in [0.1, 0.15) is 11.2 Å². The molecule has 16 heavy (non-hydrogen) atoms. The van der Waals surface area contributed by atoms with Crippen molar-refractivity contribution in [3.63, 3.8) is 0 Å². The molecule has 1 N–H and O–H groups in total. The average Bonchev–Trinajstić information content (AvgIpc) is 2.17. The molecule has 86 valence electrons. The molecule has 0 aromatic carbocycles. The molecule has 0 saturated heterocycles. The van der Waals surface area contributed by atoms with Crippen LogP contribution in [-0.2, 0) is 16.8 Å². The lowest BCUT2D eigenvalue weighted by Crippen LogP contribution is -2.31. The molecule has 0 bridgehead atoms. The second kappa shape index (κ2) is 3.52. The van der Waals surface area contributed by atoms with Crippen LogP contribution in [0.15, 0.2) is 6.07 Å². The fourth-order valence-corrected chi connectivity index (χ4v) is 1.88. The minimum absolute atomic E-state index is 0.378. The Labute approximate surface area is 92.1 Å². The maximum absolute atomic E-state index is 13.4. The van der Waals surface area contributed by atoms with E-state index >= 15 is 0 Å². The van der Waals surface area contributed by atoms with Gasteiger partial charge in [0, 0.05) is 0 Å². The zero-order valence-electron chi connectivity index (χ0n) is 9.08. The van der Waals surface area contributed by atoms with Crippen molar-refractivity contribution in [2.45, 2.75) is 25.9 Å². The topological polar surface area (TPSA) is 59.4 Å². The third-order valence-corrected chi connectivity index (χ3v) is 2.69. The largest absolute Gasteiger partial charge is 0.478 e. The Hall–Kier alpha value is -1.49. The zero-order chi connectivity index (χ0) is 11.9. The number of carboxylic acid groups (broad SMARTS) is 1. The van der Waals surface area contributed by atoms with E-state index in [4.69, 9.17) is 9.84 Å². The van der Waals surface area contributed by atoms with Crippen LogP contribution in [0.2, 0.25) is 0 Å². The SMILES string of the molecule is CC1(C)OCCc2cc(C(=O)O)c(F)nc21. The predicted octanol–water partition coefficient (Wildman–Crippen LogP) is 1.73. The summed E-state index contributed by atoms with van der Waals surface area (Å²) >= 11 is 0. The standard InChI is InChI=1S/C11H12FNO3/c1-11(2)8-6(3-4-16-11)5-7(10(14)15)9(12)13-8/h5H,3-4H2,1-2H3,(H,14,15). The number of carbonyl (C=O) groups is 1. The molecule has 0 saturated carbocycles. The van der Waals surface area contributed by atoms with E-state index in [-0.39, 0.29) is 5.56 Å². The van der Waals surface area contributed by atoms with Crippen molar-refractivity contribution in [3.05, 3.63) is 28.8 Å². The first-order chi connectivity index (χ1) is 7.42. The fourth-order valence-electron chi connectivity index (χ4n) is 1.88. The molecule has 0 atom stereocenters. The maximum Gasteiger partial charge on any atom is 0.340 e. The Morgan fingerprint density at radius 2 is 2.31 bits per heavy atom. The van der Waals surface area contributed by atoms with Crippen LogP contribution >= 0.6 is 0 Å². The minimum Gasteiger partial charge on any atom is -0.478 e. The number of halogens is 1. The molecular formula is C11H12FNO3. The number of aromatic nitrogens is 1. The van der Waals surface area contributed by atoms with Crippen LogP contribution in [-0.4, -0.2) is 22.7 Å². The van der Waals surface area contributed by atoms with Gasteiger partial charge in [-0.1, -0.05) is 0 Å². The molecule has 0 amide bonds. The Balaban J connectivity index is 2.60. The van der Waals surface area contributed by atoms with E-state index in [0.717, 1.165) is 5.56 Å². The average molecular weight is 225 g/mol. The van der Waals surface area contributed by atoms with Gasteiger partial charge in [-0.2, -0.15) is 4.39 Å². The molecular weight excluding hydrogens is 213 g/mol. The minimum atomic E-state index is -1.29. The Morgan fingerprint density at radius 3 is 2.94 bits per heavy atom. The van der Waals surface area contributed by atoms with E-state index in [1.54, 1.807) is 13.8 Å². The highest BCUT2D eigenvalue weighted by atomic mass is 19.1. The smallest absolute Gasteiger partial charge is 0.340 e. The molecule has 2 heterocycles. The van der Waals surface area contributed by atoms with E-state index in [1.807, 2.05) is 0 Å². The van der Waals surface area contributed by atoms with Gasteiger partial charge >= 0.3 is 5.97 Å². The monoisotopic (exact) mass is 225 g/mol. The Bertz CT molecular complexity index is 457. The van der Waals surface area contributed by atoms with Crippen molar-refractivity contribution in [2.75, 3.05) is 6.61 Å². The van der Waals surface area contributed by atoms with Crippen molar-refractivity contribution in [2.24, 2.45) is 0 Å². The number of pyridine rings is 1. The van der Waals surface area contributed by atoms with E-state index in [0.29, 0.717) is 18.7 Å². The van der Waals surface area contributed by atoms with Crippen molar-refractivity contribution in [1.29, 1.82) is 0 Å². The predicted molar refractivity (Wildman–Crippen MR) is 53.8 cm³/mol. The van der Waals surface area contributed by atoms with Crippen LogP contribution in [0.5, 0.6) is 0 Å². The van der Waals surface area contributed by atoms with E-state index in [2.05, 4.69) is 4.98 Å². The van der Waals surface area contributed by atoms with Gasteiger partial charge in [-0.3, -0.25) is 0 Å². The summed E-state index contributed by atoms with van der Waals surface area (Å²) in [5, 5.41) is 8.79. The molecule has 0 spiro atoms. The first-order valence-electron chi connectivity index (χ1n) is 4.99. The first-order valence-corrected chi connectivity index (χ1v) is 4.99. The maximum atomic E-state index is 13.4. The summed E-state index contributed by atoms with van der Waals surface area (Å²) in [7, 11) is 0. The number of rotatable bonds is 1. The summed E-state index contributed by atoms with van der Waals surface area (Å²) < 4.78 is 18.9. The molecule has 1 aliphatic heterocycles. The number of carboxylic acids is 1. The summed E-state index contributed by atoms with van der Waals surface area (Å²) in [5.74, 6) is -2.25. The van der Waals surface area contributed by atoms with Gasteiger partial charge in [-0.25, -0.2) is 9.78 Å². The van der Waals surface area contributed by atoms with E-state index in [1.165, 1.54) is 6.07 Å². The highest BCUT2D eigenvalue weighted by Gasteiger charge is 2.32. The summed E-state index contributed by atoms with van der Waals surface area (Å²) in [6, 6.07) is 1.35. The van der Waals surface area contributed by atoms with Gasteiger partial charge in [0.25, 0.3) is 0 Å². The Morgan fingerprint density at radius 1 is 1.62 bits per heavy atom. The van der Waals surface area contributed by atoms with Crippen LogP contribution < -0.4 is 0 Å². The number of nitrogens with zero attached hydrogens (tertiary/aromatic N) is 1. The fraction of sp³-hybridized carbons (Fsp3) is 0.455. The number of ether oxygens (including phenoxy) is 1. The van der Waals surface area contributed by atoms with Crippen LogP contribution in [0, 0.1) is 5.95 Å². The summed E-state index contributed by atoms with van der Waals surface area (Å²) in [6.45, 7) is 4.07. The van der Waals surface area contributed by atoms with Crippen molar-refractivity contribution >= 4 is 5.97 Å². The second-order valence-electron chi connectivity index (χ2n) is 4.25. The molecule has 1 aromatic heterocycles. The number of aromatic carboxylic acids is 1. The van der Waals surface area contributed by atoms with Gasteiger partial charge < -0.3 is 9.84 Å². The molecule has 0 unspecified atom stereocenters. The van der Waals surface area contributed by atoms with Crippen LogP contribution in [0.3, 0.4) is 0 Å². The van der Waals surface area contributed by atoms with E-state index in [9.17, 15) is 9.18 Å². The zero-order valence-corrected chi connectivity index (χ0v) is 9.08. The number of hydrogen-bond donors (Lipinski definition) is 1. The molecule has 2 rings (SSSR count). The highest BCUT2D eigenvalue weighted by Crippen LogP contribution is 2.31. The lowest BCUT2D eigenvalue weighted by atomic mass is 9.93.